The van der Waals surface area contributed by atoms with E-state index in [0.717, 1.165) is 0 Å². The van der Waals surface area contributed by atoms with E-state index < -0.39 is 0 Å². The molecule has 0 radical (unpaired) electrons. The molecule has 2 heterocycles. The number of rotatable bonds is 2. The molecule has 44 heavy (non-hydrogen) atoms. The Morgan fingerprint density at radius 3 is 1.93 bits per heavy atom. The van der Waals surface area contributed by atoms with E-state index in [0.29, 0.717) is 11.2 Å². The van der Waals surface area contributed by atoms with Gasteiger partial charge in [0.05, 0.1) is 0 Å². The maximum atomic E-state index is 2.46. The highest BCUT2D eigenvalue weighted by Crippen LogP contribution is 2.55. The summed E-state index contributed by atoms with van der Waals surface area (Å²) in [6.07, 6.45) is 4.87. The first-order chi connectivity index (χ1) is 21.8. The van der Waals surface area contributed by atoms with Gasteiger partial charge in [0.1, 0.15) is 0 Å². The summed E-state index contributed by atoms with van der Waals surface area (Å²) in [5, 5.41) is 8.41. The quantitative estimate of drug-likeness (QED) is 0.192. The highest BCUT2D eigenvalue weighted by molar-refractivity contribution is 8.00. The normalized spacial score (nSPS) is 16.9. The highest BCUT2D eigenvalue weighted by atomic mass is 32.2. The van der Waals surface area contributed by atoms with Crippen molar-refractivity contribution in [3.8, 4) is 22.3 Å². The molecule has 0 fully saturated rings. The van der Waals surface area contributed by atoms with Crippen molar-refractivity contribution in [2.75, 3.05) is 0 Å². The van der Waals surface area contributed by atoms with Crippen molar-refractivity contribution in [3.63, 3.8) is 0 Å². The molecule has 2 unspecified atom stereocenters. The zero-order valence-electron chi connectivity index (χ0n) is 23.8. The molecular formula is C42H26S2. The number of thiophene rings is 1. The van der Waals surface area contributed by atoms with Gasteiger partial charge in [-0.3, -0.25) is 0 Å². The van der Waals surface area contributed by atoms with Gasteiger partial charge in [-0.25, -0.2) is 0 Å². The number of hydrogen-bond acceptors (Lipinski definition) is 2. The van der Waals surface area contributed by atoms with Crippen molar-refractivity contribution in [1.29, 1.82) is 0 Å². The third-order valence-electron chi connectivity index (χ3n) is 9.64. The molecule has 0 saturated carbocycles. The lowest BCUT2D eigenvalue weighted by Gasteiger charge is -2.24. The molecule has 10 rings (SSSR count). The molecule has 1 aromatic heterocycles. The molecule has 8 aromatic rings. The van der Waals surface area contributed by atoms with E-state index in [9.17, 15) is 0 Å². The van der Waals surface area contributed by atoms with Crippen molar-refractivity contribution in [3.05, 3.63) is 156 Å². The van der Waals surface area contributed by atoms with E-state index >= 15 is 0 Å². The van der Waals surface area contributed by atoms with Crippen LogP contribution < -0.4 is 0 Å². The third kappa shape index (κ3) is 3.59. The fourth-order valence-corrected chi connectivity index (χ4v) is 10.2. The zero-order chi connectivity index (χ0) is 28.8. The minimum atomic E-state index is 0.380. The Morgan fingerprint density at radius 1 is 0.500 bits per heavy atom. The molecule has 1 aliphatic carbocycles. The number of fused-ring (bicyclic) bond motifs is 11. The maximum absolute atomic E-state index is 2.46. The topological polar surface area (TPSA) is 0 Å². The van der Waals surface area contributed by atoms with Gasteiger partial charge in [0.25, 0.3) is 0 Å². The lowest BCUT2D eigenvalue weighted by atomic mass is 9.80. The molecule has 0 nitrogen and oxygen atoms in total. The summed E-state index contributed by atoms with van der Waals surface area (Å²) in [6.45, 7) is 0. The van der Waals surface area contributed by atoms with Crippen molar-refractivity contribution < 1.29 is 0 Å². The Balaban J connectivity index is 1.09. The summed E-state index contributed by atoms with van der Waals surface area (Å²) < 4.78 is 2.73. The number of thioether (sulfide) groups is 1. The molecule has 0 spiro atoms. The van der Waals surface area contributed by atoms with E-state index in [1.54, 1.807) is 0 Å². The lowest BCUT2D eigenvalue weighted by Crippen LogP contribution is -2.14. The van der Waals surface area contributed by atoms with Crippen LogP contribution in [-0.4, -0.2) is 5.25 Å². The van der Waals surface area contributed by atoms with Crippen LogP contribution in [-0.2, 0) is 0 Å². The second kappa shape index (κ2) is 9.43. The average Bonchev–Trinajstić information content (AvgIpc) is 3.65. The van der Waals surface area contributed by atoms with Crippen LogP contribution in [0, 0.1) is 0 Å². The Morgan fingerprint density at radius 2 is 1.16 bits per heavy atom. The largest absolute Gasteiger partial charge is 0.135 e. The standard InChI is InChI=1S/C42H26S2/c1-3-11-29-25(7-1)9-5-13-31(29)27-15-17-35-39(23-27)43-37-21-19-34-33(41(35)37)20-22-38-42(34)36-18-16-28(24-40(36)44-38)32-14-6-10-26-8-2-4-12-30(26)32/h1-24,37,41H. The van der Waals surface area contributed by atoms with Crippen LogP contribution >= 0.6 is 23.1 Å². The first-order valence-corrected chi connectivity index (χ1v) is 16.9. The van der Waals surface area contributed by atoms with E-state index in [1.165, 1.54) is 85.6 Å². The lowest BCUT2D eigenvalue weighted by molar-refractivity contribution is 0.847. The van der Waals surface area contributed by atoms with Crippen molar-refractivity contribution in [2.45, 2.75) is 16.1 Å². The predicted octanol–water partition coefficient (Wildman–Crippen LogP) is 12.3. The molecule has 2 atom stereocenters. The minimum Gasteiger partial charge on any atom is -0.135 e. The van der Waals surface area contributed by atoms with Crippen LogP contribution in [0.5, 0.6) is 0 Å². The Bertz CT molecular complexity index is 2480. The van der Waals surface area contributed by atoms with Crippen LogP contribution in [0.25, 0.3) is 70.0 Å². The first-order valence-electron chi connectivity index (χ1n) is 15.2. The van der Waals surface area contributed by atoms with Gasteiger partial charge in [-0.1, -0.05) is 127 Å². The van der Waals surface area contributed by atoms with Crippen LogP contribution in [0.3, 0.4) is 0 Å². The van der Waals surface area contributed by atoms with Gasteiger partial charge >= 0.3 is 0 Å². The summed E-state index contributed by atoms with van der Waals surface area (Å²) in [5.41, 5.74) is 9.53. The second-order valence-corrected chi connectivity index (χ2v) is 14.3. The van der Waals surface area contributed by atoms with Crippen molar-refractivity contribution in [1.82, 2.24) is 0 Å². The summed E-state index contributed by atoms with van der Waals surface area (Å²) >= 11 is 3.95. The average molecular weight is 595 g/mol. The minimum absolute atomic E-state index is 0.380. The van der Waals surface area contributed by atoms with Gasteiger partial charge in [0.2, 0.25) is 0 Å². The molecule has 0 bridgehead atoms. The molecule has 0 amide bonds. The van der Waals surface area contributed by atoms with Gasteiger partial charge < -0.3 is 0 Å². The van der Waals surface area contributed by atoms with E-state index in [2.05, 4.69) is 146 Å². The zero-order valence-corrected chi connectivity index (χ0v) is 25.5. The van der Waals surface area contributed by atoms with Gasteiger partial charge in [-0.15, -0.1) is 23.1 Å². The predicted molar refractivity (Wildman–Crippen MR) is 192 cm³/mol. The molecule has 0 N–H and O–H groups in total. The van der Waals surface area contributed by atoms with E-state index in [-0.39, 0.29) is 0 Å². The van der Waals surface area contributed by atoms with Gasteiger partial charge in [-0.2, -0.15) is 0 Å². The van der Waals surface area contributed by atoms with Gasteiger partial charge in [0, 0.05) is 36.2 Å². The Labute approximate surface area is 264 Å². The van der Waals surface area contributed by atoms with Crippen LogP contribution in [0.2, 0.25) is 0 Å². The van der Waals surface area contributed by atoms with Gasteiger partial charge in [0.15, 0.2) is 0 Å². The molecule has 1 aliphatic heterocycles. The summed E-state index contributed by atoms with van der Waals surface area (Å²) in [4.78, 5) is 1.41. The van der Waals surface area contributed by atoms with Crippen LogP contribution in [0.1, 0.15) is 22.6 Å². The van der Waals surface area contributed by atoms with Crippen LogP contribution in [0.4, 0.5) is 0 Å². The van der Waals surface area contributed by atoms with E-state index in [1.807, 2.05) is 23.1 Å². The fraction of sp³-hybridized carbons (Fsp3) is 0.0476. The second-order valence-electron chi connectivity index (χ2n) is 12.0. The molecule has 2 heteroatoms. The summed E-state index contributed by atoms with van der Waals surface area (Å²) in [7, 11) is 0. The fourth-order valence-electron chi connectivity index (χ4n) is 7.62. The van der Waals surface area contributed by atoms with Gasteiger partial charge in [-0.05, 0) is 78.7 Å². The van der Waals surface area contributed by atoms with Crippen LogP contribution in [0.15, 0.2) is 144 Å². The molecule has 2 aliphatic rings. The van der Waals surface area contributed by atoms with Crippen molar-refractivity contribution >= 4 is 70.9 Å². The molecular weight excluding hydrogens is 569 g/mol. The first kappa shape index (κ1) is 24.8. The monoisotopic (exact) mass is 594 g/mol. The number of hydrogen-bond donors (Lipinski definition) is 0. The Kier molecular flexibility index (Phi) is 5.31. The number of benzene rings is 7. The SMILES string of the molecule is C1=CC2Sc3cc(-c4cccc5ccccc45)ccc3C2c2ccc3sc4cc(-c5cccc6ccccc56)ccc4c3c21. The highest BCUT2D eigenvalue weighted by Gasteiger charge is 2.37. The third-order valence-corrected chi connectivity index (χ3v) is 12.1. The summed E-state index contributed by atoms with van der Waals surface area (Å²) in [6, 6.07) is 49.7. The molecule has 0 saturated heterocycles. The summed E-state index contributed by atoms with van der Waals surface area (Å²) in [5.74, 6) is 0.380. The van der Waals surface area contributed by atoms with Crippen molar-refractivity contribution in [2.24, 2.45) is 0 Å². The smallest absolute Gasteiger partial charge is 0.0387 e. The van der Waals surface area contributed by atoms with E-state index in [4.69, 9.17) is 0 Å². The molecule has 7 aromatic carbocycles. The Hall–Kier alpha value is -4.63. The maximum Gasteiger partial charge on any atom is 0.0387 e. The molecule has 206 valence electrons.